The van der Waals surface area contributed by atoms with Gasteiger partial charge in [0, 0.05) is 47.3 Å². The Morgan fingerprint density at radius 1 is 1.07 bits per heavy atom. The fourth-order valence-corrected chi connectivity index (χ4v) is 6.37. The third-order valence-corrected chi connectivity index (χ3v) is 8.32. The van der Waals surface area contributed by atoms with E-state index in [0.29, 0.717) is 29.4 Å². The number of aromatic nitrogens is 3. The Labute approximate surface area is 251 Å². The first-order valence-electron chi connectivity index (χ1n) is 14.2. The number of halogens is 1. The average molecular weight is 582 g/mol. The lowest BCUT2D eigenvalue weighted by Crippen LogP contribution is -2.58. The van der Waals surface area contributed by atoms with Crippen LogP contribution in [0.3, 0.4) is 0 Å². The van der Waals surface area contributed by atoms with E-state index in [1.54, 1.807) is 21.7 Å². The average Bonchev–Trinajstić information content (AvgIpc) is 2.96. The molecule has 2 aromatic carbocycles. The van der Waals surface area contributed by atoms with Gasteiger partial charge < -0.3 is 9.80 Å². The van der Waals surface area contributed by atoms with E-state index in [9.17, 15) is 9.59 Å². The lowest BCUT2D eigenvalue weighted by atomic mass is 9.97. The number of amides is 1. The number of carbonyl (C=O) groups is 1. The number of piperazine rings is 1. The normalized spacial score (nSPS) is 17.1. The van der Waals surface area contributed by atoms with Gasteiger partial charge in [-0.15, -0.1) is 0 Å². The third kappa shape index (κ3) is 5.02. The van der Waals surface area contributed by atoms with E-state index in [0.717, 1.165) is 39.0 Å². The third-order valence-electron chi connectivity index (χ3n) is 8.01. The van der Waals surface area contributed by atoms with E-state index >= 15 is 0 Å². The molecule has 1 fully saturated rings. The van der Waals surface area contributed by atoms with Crippen LogP contribution in [0.5, 0.6) is 0 Å². The van der Waals surface area contributed by atoms with Crippen LogP contribution in [-0.2, 0) is 4.79 Å². The molecule has 1 aliphatic rings. The molecule has 0 radical (unpaired) electrons. The lowest BCUT2D eigenvalue weighted by molar-refractivity contribution is -0.127. The largest absolute Gasteiger partial charge is 0.354 e. The molecule has 4 aromatic rings. The van der Waals surface area contributed by atoms with Crippen LogP contribution < -0.4 is 10.6 Å². The topological polar surface area (TPSA) is 71.3 Å². The van der Waals surface area contributed by atoms with Crippen molar-refractivity contribution in [3.05, 3.63) is 100 Å². The number of anilines is 1. The van der Waals surface area contributed by atoms with Gasteiger partial charge in [-0.25, -0.2) is 4.79 Å². The molecule has 2 aromatic heterocycles. The molecule has 1 saturated heterocycles. The Hall–Kier alpha value is -4.23. The summed E-state index contributed by atoms with van der Waals surface area (Å²) in [4.78, 5) is 39.9. The molecule has 0 N–H and O–H groups in total. The molecule has 1 amide bonds. The number of carbonyl (C=O) groups excluding carboxylic acids is 1. The summed E-state index contributed by atoms with van der Waals surface area (Å²) >= 11 is 7.04. The Morgan fingerprint density at radius 2 is 1.76 bits per heavy atom. The monoisotopic (exact) mass is 581 g/mol. The van der Waals surface area contributed by atoms with Gasteiger partial charge in [0.1, 0.15) is 5.82 Å². The summed E-state index contributed by atoms with van der Waals surface area (Å²) in [5, 5.41) is 1.29. The molecule has 7 nitrogen and oxygen atoms in total. The second kappa shape index (κ2) is 11.6. The molecule has 216 valence electrons. The van der Waals surface area contributed by atoms with Crippen molar-refractivity contribution in [2.24, 2.45) is 0 Å². The molecule has 3 heterocycles. The van der Waals surface area contributed by atoms with Gasteiger partial charge in [-0.3, -0.25) is 14.3 Å². The van der Waals surface area contributed by atoms with Crippen molar-refractivity contribution in [1.82, 2.24) is 19.4 Å². The van der Waals surface area contributed by atoms with Crippen LogP contribution in [0.25, 0.3) is 33.8 Å². The maximum absolute atomic E-state index is 14.2. The van der Waals surface area contributed by atoms with Gasteiger partial charge in [0.05, 0.1) is 16.9 Å². The minimum atomic E-state index is -0.398. The van der Waals surface area contributed by atoms with Gasteiger partial charge >= 0.3 is 5.69 Å². The van der Waals surface area contributed by atoms with Gasteiger partial charge in [-0.1, -0.05) is 68.9 Å². The predicted molar refractivity (Wildman–Crippen MR) is 173 cm³/mol. The molecule has 42 heavy (non-hydrogen) atoms. The maximum Gasteiger partial charge on any atom is 0.354 e. The Balaban J connectivity index is 1.85. The summed E-state index contributed by atoms with van der Waals surface area (Å²) in [6.07, 6.45) is 4.92. The van der Waals surface area contributed by atoms with Crippen LogP contribution in [0, 0.1) is 6.92 Å². The molecule has 0 saturated carbocycles. The highest BCUT2D eigenvalue weighted by molar-refractivity contribution is 6.34. The maximum atomic E-state index is 14.2. The first-order chi connectivity index (χ1) is 20.1. The van der Waals surface area contributed by atoms with Crippen LogP contribution in [0.2, 0.25) is 5.02 Å². The summed E-state index contributed by atoms with van der Waals surface area (Å²) < 4.78 is 1.68. The van der Waals surface area contributed by atoms with Crippen LogP contribution in [-0.4, -0.2) is 50.5 Å². The first kappa shape index (κ1) is 29.3. The molecule has 8 heteroatoms. The van der Waals surface area contributed by atoms with E-state index in [-0.39, 0.29) is 23.9 Å². The van der Waals surface area contributed by atoms with Crippen molar-refractivity contribution in [3.63, 3.8) is 0 Å². The molecule has 1 aliphatic heterocycles. The van der Waals surface area contributed by atoms with Crippen molar-refractivity contribution in [1.29, 1.82) is 0 Å². The van der Waals surface area contributed by atoms with Crippen molar-refractivity contribution in [3.8, 4) is 16.8 Å². The Bertz CT molecular complexity index is 1760. The number of nitrogens with zero attached hydrogens (tertiary/aromatic N) is 5. The molecule has 0 aliphatic carbocycles. The molecule has 2 atom stereocenters. The molecule has 5 rings (SSSR count). The van der Waals surface area contributed by atoms with Gasteiger partial charge in [0.25, 0.3) is 0 Å². The van der Waals surface area contributed by atoms with Gasteiger partial charge in [-0.05, 0) is 67.7 Å². The zero-order chi connectivity index (χ0) is 30.3. The number of hydrogen-bond donors (Lipinski definition) is 0. The standard InChI is InChI=1S/C34H36ClN5O2/c1-8-24-12-10-11-13-25(24)26-17-29-27(16-28(26)35)33(39-22(6)18-38(19-23(39)7)30(41)9-2)37-34(42)40(29)32-21(5)14-15-36-31(32)20(3)4/h8-17,20,22-23H,1-2,18-19H2,3-7H3/t22-,23-/m0/s1. The van der Waals surface area contributed by atoms with Crippen LogP contribution >= 0.6 is 11.6 Å². The zero-order valence-corrected chi connectivity index (χ0v) is 25.5. The summed E-state index contributed by atoms with van der Waals surface area (Å²) in [5.41, 5.74) is 5.40. The van der Waals surface area contributed by atoms with E-state index in [1.807, 2.05) is 63.2 Å². The second-order valence-electron chi connectivity index (χ2n) is 11.3. The molecule has 0 unspecified atom stereocenters. The van der Waals surface area contributed by atoms with E-state index < -0.39 is 5.69 Å². The number of fused-ring (bicyclic) bond motifs is 1. The van der Waals surface area contributed by atoms with E-state index in [1.165, 1.54) is 6.08 Å². The van der Waals surface area contributed by atoms with Crippen LogP contribution in [0.4, 0.5) is 5.82 Å². The molecular formula is C34H36ClN5O2. The summed E-state index contributed by atoms with van der Waals surface area (Å²) in [6.45, 7) is 18.8. The van der Waals surface area contributed by atoms with Crippen LogP contribution in [0.15, 0.2) is 72.7 Å². The van der Waals surface area contributed by atoms with Crippen molar-refractivity contribution in [2.45, 2.75) is 52.6 Å². The SMILES string of the molecule is C=CC(=O)N1C[C@H](C)N(c2nc(=O)n(-c3c(C)ccnc3C(C)C)c3cc(-c4ccccc4C=C)c(Cl)cc23)[C@@H](C)C1. The van der Waals surface area contributed by atoms with Gasteiger partial charge in [0.15, 0.2) is 0 Å². The van der Waals surface area contributed by atoms with Gasteiger partial charge in [0.2, 0.25) is 5.91 Å². The Kier molecular flexibility index (Phi) is 8.06. The first-order valence-corrected chi connectivity index (χ1v) is 14.6. The number of pyridine rings is 1. The van der Waals surface area contributed by atoms with Crippen molar-refractivity contribution in [2.75, 3.05) is 18.0 Å². The highest BCUT2D eigenvalue weighted by atomic mass is 35.5. The van der Waals surface area contributed by atoms with Crippen molar-refractivity contribution < 1.29 is 4.79 Å². The quantitative estimate of drug-likeness (QED) is 0.235. The Morgan fingerprint density at radius 3 is 2.40 bits per heavy atom. The smallest absolute Gasteiger partial charge is 0.347 e. The molecule has 0 bridgehead atoms. The summed E-state index contributed by atoms with van der Waals surface area (Å²) in [6, 6.07) is 13.5. The van der Waals surface area contributed by atoms with Crippen LogP contribution in [0.1, 0.15) is 50.4 Å². The van der Waals surface area contributed by atoms with Gasteiger partial charge in [-0.2, -0.15) is 4.98 Å². The lowest BCUT2D eigenvalue weighted by Gasteiger charge is -2.45. The number of benzene rings is 2. The zero-order valence-electron chi connectivity index (χ0n) is 24.8. The molecular weight excluding hydrogens is 546 g/mol. The minimum absolute atomic E-state index is 0.0744. The van der Waals surface area contributed by atoms with Crippen molar-refractivity contribution >= 4 is 40.3 Å². The number of rotatable bonds is 6. The summed E-state index contributed by atoms with van der Waals surface area (Å²) in [7, 11) is 0. The number of hydrogen-bond acceptors (Lipinski definition) is 5. The molecule has 0 spiro atoms. The second-order valence-corrected chi connectivity index (χ2v) is 11.7. The predicted octanol–water partition coefficient (Wildman–Crippen LogP) is 6.79. The summed E-state index contributed by atoms with van der Waals surface area (Å²) in [5.74, 6) is 0.517. The highest BCUT2D eigenvalue weighted by Gasteiger charge is 2.34. The number of aryl methyl sites for hydroxylation is 1. The fraction of sp³-hybridized carbons (Fsp3) is 0.294. The highest BCUT2D eigenvalue weighted by Crippen LogP contribution is 2.39. The van der Waals surface area contributed by atoms with E-state index in [2.05, 4.69) is 36.9 Å². The minimum Gasteiger partial charge on any atom is -0.347 e. The van der Waals surface area contributed by atoms with E-state index in [4.69, 9.17) is 16.6 Å². The fourth-order valence-electron chi connectivity index (χ4n) is 6.10.